The highest BCUT2D eigenvalue weighted by atomic mass is 32.1. The molecule has 3 heterocycles. The number of aromatic nitrogens is 1. The van der Waals surface area contributed by atoms with Gasteiger partial charge in [0.25, 0.3) is 11.8 Å². The second kappa shape index (κ2) is 6.93. The Morgan fingerprint density at radius 3 is 2.50 bits per heavy atom. The molecule has 0 aliphatic carbocycles. The van der Waals surface area contributed by atoms with E-state index in [1.54, 1.807) is 18.5 Å². The zero-order valence-corrected chi connectivity index (χ0v) is 14.6. The second-order valence-electron chi connectivity index (χ2n) is 5.78. The van der Waals surface area contributed by atoms with Crippen molar-refractivity contribution in [3.63, 3.8) is 0 Å². The topological polar surface area (TPSA) is 62.3 Å². The van der Waals surface area contributed by atoms with Gasteiger partial charge in [0.15, 0.2) is 0 Å². The van der Waals surface area contributed by atoms with Crippen molar-refractivity contribution >= 4 is 34.4 Å². The number of benzene rings is 1. The molecule has 0 atom stereocenters. The summed E-state index contributed by atoms with van der Waals surface area (Å²) < 4.78 is 0. The second-order valence-corrected chi connectivity index (χ2v) is 6.72. The molecule has 3 aromatic rings. The predicted molar refractivity (Wildman–Crippen MR) is 101 cm³/mol. The third kappa shape index (κ3) is 3.02. The Labute approximate surface area is 154 Å². The number of anilines is 1. The third-order valence-corrected chi connectivity index (χ3v) is 4.93. The zero-order chi connectivity index (χ0) is 17.9. The first-order valence-corrected chi connectivity index (χ1v) is 8.97. The lowest BCUT2D eigenvalue weighted by molar-refractivity contribution is -0.137. The predicted octanol–water partition coefficient (Wildman–Crippen LogP) is 3.54. The average Bonchev–Trinajstić information content (AvgIpc) is 3.27. The van der Waals surface area contributed by atoms with E-state index in [9.17, 15) is 9.59 Å². The summed E-state index contributed by atoms with van der Waals surface area (Å²) in [6, 6.07) is 16.7. The van der Waals surface area contributed by atoms with Crippen molar-refractivity contribution in [2.24, 2.45) is 0 Å². The molecule has 0 unspecified atom stereocenters. The number of nitrogens with one attached hydrogen (secondary N) is 1. The number of amides is 2. The molecular weight excluding hydrogens is 346 g/mol. The Hall–Kier alpha value is -3.25. The summed E-state index contributed by atoms with van der Waals surface area (Å²) in [6.45, 7) is 0.195. The number of rotatable bonds is 5. The molecule has 6 heteroatoms. The highest BCUT2D eigenvalue weighted by molar-refractivity contribution is 7.11. The lowest BCUT2D eigenvalue weighted by atomic mass is 10.2. The van der Waals surface area contributed by atoms with E-state index >= 15 is 0 Å². The Balaban J connectivity index is 1.71. The van der Waals surface area contributed by atoms with Crippen LogP contribution in [0.15, 0.2) is 78.1 Å². The molecule has 1 aliphatic heterocycles. The molecule has 1 aliphatic rings. The van der Waals surface area contributed by atoms with Gasteiger partial charge >= 0.3 is 0 Å². The zero-order valence-electron chi connectivity index (χ0n) is 13.8. The van der Waals surface area contributed by atoms with Crippen molar-refractivity contribution in [2.75, 3.05) is 5.32 Å². The van der Waals surface area contributed by atoms with Gasteiger partial charge in [0, 0.05) is 23.0 Å². The number of carbonyl (C=O) groups excluding carboxylic acids is 2. The van der Waals surface area contributed by atoms with Crippen molar-refractivity contribution in [1.29, 1.82) is 0 Å². The van der Waals surface area contributed by atoms with Crippen molar-refractivity contribution < 1.29 is 9.59 Å². The van der Waals surface area contributed by atoms with Crippen LogP contribution in [0.5, 0.6) is 0 Å². The number of hydrogen-bond acceptors (Lipinski definition) is 5. The number of nitrogens with zero attached hydrogens (tertiary/aromatic N) is 2. The van der Waals surface area contributed by atoms with Gasteiger partial charge in [-0.15, -0.1) is 11.3 Å². The lowest BCUT2D eigenvalue weighted by Crippen LogP contribution is -2.32. The summed E-state index contributed by atoms with van der Waals surface area (Å²) in [4.78, 5) is 32.1. The number of hydrogen-bond donors (Lipinski definition) is 1. The summed E-state index contributed by atoms with van der Waals surface area (Å²) in [6.07, 6.45) is 3.32. The number of para-hydroxylation sites is 1. The fraction of sp³-hybridized carbons (Fsp3) is 0.0500. The van der Waals surface area contributed by atoms with E-state index in [1.807, 2.05) is 53.9 Å². The maximum atomic E-state index is 13.0. The summed E-state index contributed by atoms with van der Waals surface area (Å²) in [5, 5.41) is 5.03. The van der Waals surface area contributed by atoms with Gasteiger partial charge < -0.3 is 5.32 Å². The molecule has 128 valence electrons. The van der Waals surface area contributed by atoms with Crippen LogP contribution in [0.25, 0.3) is 5.57 Å². The molecule has 26 heavy (non-hydrogen) atoms. The van der Waals surface area contributed by atoms with E-state index in [1.165, 1.54) is 16.2 Å². The van der Waals surface area contributed by atoms with Crippen molar-refractivity contribution in [1.82, 2.24) is 9.88 Å². The molecule has 0 fully saturated rings. The number of thiophene rings is 1. The van der Waals surface area contributed by atoms with E-state index in [-0.39, 0.29) is 18.4 Å². The Kier molecular flexibility index (Phi) is 4.33. The lowest BCUT2D eigenvalue weighted by Gasteiger charge is -2.15. The third-order valence-electron chi connectivity index (χ3n) is 4.04. The minimum Gasteiger partial charge on any atom is -0.350 e. The van der Waals surface area contributed by atoms with Gasteiger partial charge in [-0.05, 0) is 35.2 Å². The fourth-order valence-corrected chi connectivity index (χ4v) is 3.59. The smallest absolute Gasteiger partial charge is 0.278 e. The molecule has 2 aromatic heterocycles. The van der Waals surface area contributed by atoms with E-state index in [0.29, 0.717) is 11.3 Å². The Bertz CT molecular complexity index is 967. The molecule has 2 amide bonds. The first-order chi connectivity index (χ1) is 12.7. The first-order valence-electron chi connectivity index (χ1n) is 8.09. The van der Waals surface area contributed by atoms with Crippen LogP contribution >= 0.6 is 11.3 Å². The molecular formula is C20H15N3O2S. The minimum atomic E-state index is -0.328. The summed E-state index contributed by atoms with van der Waals surface area (Å²) in [5.41, 5.74) is 2.30. The number of imide groups is 1. The van der Waals surface area contributed by atoms with Gasteiger partial charge in [-0.3, -0.25) is 19.5 Å². The summed E-state index contributed by atoms with van der Waals surface area (Å²) in [7, 11) is 0. The highest BCUT2D eigenvalue weighted by Crippen LogP contribution is 2.33. The number of carbonyl (C=O) groups is 2. The van der Waals surface area contributed by atoms with E-state index in [2.05, 4.69) is 10.3 Å². The van der Waals surface area contributed by atoms with Gasteiger partial charge in [0.2, 0.25) is 0 Å². The fourth-order valence-electron chi connectivity index (χ4n) is 2.83. The van der Waals surface area contributed by atoms with E-state index in [0.717, 1.165) is 16.1 Å². The van der Waals surface area contributed by atoms with Crippen LogP contribution in [0.4, 0.5) is 5.69 Å². The Morgan fingerprint density at radius 1 is 0.962 bits per heavy atom. The quantitative estimate of drug-likeness (QED) is 0.706. The van der Waals surface area contributed by atoms with Crippen molar-refractivity contribution in [2.45, 2.75) is 6.54 Å². The molecule has 0 bridgehead atoms. The van der Waals surface area contributed by atoms with E-state index < -0.39 is 0 Å². The molecule has 5 nitrogen and oxygen atoms in total. The largest absolute Gasteiger partial charge is 0.350 e. The van der Waals surface area contributed by atoms with Crippen LogP contribution in [0.3, 0.4) is 0 Å². The molecule has 1 N–H and O–H groups in total. The van der Waals surface area contributed by atoms with E-state index in [4.69, 9.17) is 0 Å². The van der Waals surface area contributed by atoms with Gasteiger partial charge in [0.1, 0.15) is 5.70 Å². The van der Waals surface area contributed by atoms with Crippen molar-refractivity contribution in [3.8, 4) is 0 Å². The van der Waals surface area contributed by atoms with Crippen LogP contribution in [0.1, 0.15) is 10.4 Å². The van der Waals surface area contributed by atoms with Gasteiger partial charge in [-0.1, -0.05) is 30.3 Å². The monoisotopic (exact) mass is 361 g/mol. The van der Waals surface area contributed by atoms with Gasteiger partial charge in [0.05, 0.1) is 12.1 Å². The molecule has 4 rings (SSSR count). The minimum absolute atomic E-state index is 0.195. The summed E-state index contributed by atoms with van der Waals surface area (Å²) >= 11 is 1.44. The van der Waals surface area contributed by atoms with Crippen LogP contribution < -0.4 is 5.32 Å². The maximum Gasteiger partial charge on any atom is 0.278 e. The number of pyridine rings is 1. The molecule has 0 saturated heterocycles. The first kappa shape index (κ1) is 16.2. The molecule has 0 spiro atoms. The molecule has 1 aromatic carbocycles. The molecule has 0 saturated carbocycles. The van der Waals surface area contributed by atoms with Gasteiger partial charge in [-0.25, -0.2) is 0 Å². The van der Waals surface area contributed by atoms with Crippen LogP contribution in [0.2, 0.25) is 0 Å². The average molecular weight is 361 g/mol. The highest BCUT2D eigenvalue weighted by Gasteiger charge is 2.39. The summed E-state index contributed by atoms with van der Waals surface area (Å²) in [5.74, 6) is -0.620. The van der Waals surface area contributed by atoms with Crippen molar-refractivity contribution in [3.05, 3.63) is 88.5 Å². The van der Waals surface area contributed by atoms with Gasteiger partial charge in [-0.2, -0.15) is 0 Å². The standard InChI is InChI=1S/C20H15N3O2S/c24-19-17(16-9-5-11-26-16)18(22-15-7-2-1-3-8-15)20(25)23(19)13-14-6-4-10-21-12-14/h1-12,22H,13H2. The van der Waals surface area contributed by atoms with Crippen LogP contribution in [0, 0.1) is 0 Å². The normalized spacial score (nSPS) is 14.2. The SMILES string of the molecule is O=C1C(Nc2ccccc2)=C(c2cccs2)C(=O)N1Cc1cccnc1. The van der Waals surface area contributed by atoms with Crippen LogP contribution in [-0.2, 0) is 16.1 Å². The Morgan fingerprint density at radius 2 is 1.81 bits per heavy atom. The molecule has 0 radical (unpaired) electrons. The maximum absolute atomic E-state index is 13.0. The van der Waals surface area contributed by atoms with Crippen LogP contribution in [-0.4, -0.2) is 21.7 Å².